The highest BCUT2D eigenvalue weighted by Gasteiger charge is 2.56. The second kappa shape index (κ2) is 6.53. The van der Waals surface area contributed by atoms with Gasteiger partial charge in [0.15, 0.2) is 5.82 Å². The number of anilines is 1. The van der Waals surface area contributed by atoms with Crippen LogP contribution in [0, 0.1) is 5.41 Å². The van der Waals surface area contributed by atoms with E-state index < -0.39 is 0 Å². The second-order valence-corrected chi connectivity index (χ2v) is 8.23. The first-order valence-corrected chi connectivity index (χ1v) is 9.90. The molecule has 1 spiro atoms. The van der Waals surface area contributed by atoms with Crippen molar-refractivity contribution >= 4 is 17.2 Å². The Bertz CT molecular complexity index is 779. The van der Waals surface area contributed by atoms with Gasteiger partial charge in [-0.2, -0.15) is 0 Å². The average Bonchev–Trinajstić information content (AvgIpc) is 3.07. The molecule has 7 heteroatoms. The summed E-state index contributed by atoms with van der Waals surface area (Å²) in [6.45, 7) is 5.48. The predicted molar refractivity (Wildman–Crippen MR) is 100 cm³/mol. The third-order valence-electron chi connectivity index (χ3n) is 5.84. The molecule has 0 bridgehead atoms. The topological polar surface area (TPSA) is 54.3 Å². The normalized spacial score (nSPS) is 21.9. The summed E-state index contributed by atoms with van der Waals surface area (Å²) in [6.07, 6.45) is 8.94. The number of aryl methyl sites for hydroxylation is 1. The zero-order valence-corrected chi connectivity index (χ0v) is 15.7. The Hall–Kier alpha value is -1.73. The minimum Gasteiger partial charge on any atom is -0.352 e. The van der Waals surface area contributed by atoms with Crippen molar-refractivity contribution in [3.63, 3.8) is 0 Å². The maximum Gasteiger partial charge on any atom is 0.293 e. The van der Waals surface area contributed by atoms with Crippen LogP contribution >= 0.6 is 11.3 Å². The lowest BCUT2D eigenvalue weighted by Gasteiger charge is -2.34. The molecule has 2 aromatic heterocycles. The van der Waals surface area contributed by atoms with Crippen molar-refractivity contribution in [1.82, 2.24) is 19.4 Å². The van der Waals surface area contributed by atoms with E-state index in [4.69, 9.17) is 0 Å². The highest BCUT2D eigenvalue weighted by Crippen LogP contribution is 2.56. The molecule has 0 amide bonds. The maximum atomic E-state index is 12.5. The molecule has 0 radical (unpaired) electrons. The molecular weight excluding hydrogens is 334 g/mol. The largest absolute Gasteiger partial charge is 0.352 e. The number of piperidine rings is 1. The number of nitrogens with zero attached hydrogens (tertiary/aromatic N) is 5. The van der Waals surface area contributed by atoms with Crippen LogP contribution in [0.4, 0.5) is 5.82 Å². The molecule has 0 unspecified atom stereocenters. The fraction of sp³-hybridized carbons (Fsp3) is 0.611. The Balaban J connectivity index is 1.39. The summed E-state index contributed by atoms with van der Waals surface area (Å²) in [6, 6.07) is 0.648. The summed E-state index contributed by atoms with van der Waals surface area (Å²) < 4.78 is 1.73. The Labute approximate surface area is 152 Å². The predicted octanol–water partition coefficient (Wildman–Crippen LogP) is 2.21. The molecule has 2 aliphatic rings. The van der Waals surface area contributed by atoms with E-state index in [1.165, 1.54) is 11.4 Å². The van der Waals surface area contributed by atoms with Gasteiger partial charge in [-0.3, -0.25) is 9.69 Å². The van der Waals surface area contributed by atoms with Crippen molar-refractivity contribution in [1.29, 1.82) is 0 Å². The Morgan fingerprint density at radius 1 is 1.32 bits per heavy atom. The van der Waals surface area contributed by atoms with E-state index in [0.29, 0.717) is 23.8 Å². The van der Waals surface area contributed by atoms with E-state index >= 15 is 0 Å². The van der Waals surface area contributed by atoms with Crippen molar-refractivity contribution in [2.75, 3.05) is 25.0 Å². The van der Waals surface area contributed by atoms with Crippen LogP contribution in [-0.2, 0) is 13.1 Å². The van der Waals surface area contributed by atoms with E-state index in [9.17, 15) is 4.79 Å². The lowest BCUT2D eigenvalue weighted by atomic mass is 9.92. The van der Waals surface area contributed by atoms with E-state index in [1.54, 1.807) is 28.3 Å². The van der Waals surface area contributed by atoms with Gasteiger partial charge >= 0.3 is 0 Å². The molecule has 0 N–H and O–H groups in total. The second-order valence-electron chi connectivity index (χ2n) is 7.25. The van der Waals surface area contributed by atoms with Gasteiger partial charge in [0.25, 0.3) is 5.56 Å². The number of hydrogen-bond acceptors (Lipinski definition) is 6. The first kappa shape index (κ1) is 16.7. The first-order valence-electron chi connectivity index (χ1n) is 9.02. The Morgan fingerprint density at radius 2 is 2.12 bits per heavy atom. The van der Waals surface area contributed by atoms with E-state index in [0.717, 1.165) is 32.5 Å². The third kappa shape index (κ3) is 3.11. The molecule has 1 saturated carbocycles. The van der Waals surface area contributed by atoms with E-state index in [-0.39, 0.29) is 5.56 Å². The molecule has 1 aliphatic carbocycles. The highest BCUT2D eigenvalue weighted by molar-refractivity contribution is 7.09. The van der Waals surface area contributed by atoms with Gasteiger partial charge in [-0.25, -0.2) is 9.97 Å². The standard InChI is InChI=1S/C18H25N5OS/c1-3-22-10-6-20-16(17(22)24)23-8-4-18(5-9-23)12-14(18)21(2)13-15-19-7-11-25-15/h6-7,10-11,14H,3-5,8-9,12-13H2,1-2H3/t14-/m0/s1. The van der Waals surface area contributed by atoms with Gasteiger partial charge in [-0.1, -0.05) is 0 Å². The van der Waals surface area contributed by atoms with Crippen LogP contribution < -0.4 is 10.5 Å². The van der Waals surface area contributed by atoms with Gasteiger partial charge in [0.1, 0.15) is 5.01 Å². The monoisotopic (exact) mass is 359 g/mol. The average molecular weight is 359 g/mol. The van der Waals surface area contributed by atoms with Crippen LogP contribution in [0.2, 0.25) is 0 Å². The summed E-state index contributed by atoms with van der Waals surface area (Å²) in [5.74, 6) is 0.618. The smallest absolute Gasteiger partial charge is 0.293 e. The fourth-order valence-electron chi connectivity index (χ4n) is 4.21. The Morgan fingerprint density at radius 3 is 2.80 bits per heavy atom. The lowest BCUT2D eigenvalue weighted by molar-refractivity contribution is 0.238. The van der Waals surface area contributed by atoms with Gasteiger partial charge < -0.3 is 9.47 Å². The Kier molecular flexibility index (Phi) is 4.37. The van der Waals surface area contributed by atoms with Crippen LogP contribution in [0.15, 0.2) is 28.8 Å². The summed E-state index contributed by atoms with van der Waals surface area (Å²) in [4.78, 5) is 25.9. The summed E-state index contributed by atoms with van der Waals surface area (Å²) in [7, 11) is 2.21. The molecule has 25 heavy (non-hydrogen) atoms. The summed E-state index contributed by atoms with van der Waals surface area (Å²) in [5, 5.41) is 3.23. The van der Waals surface area contributed by atoms with Gasteiger partial charge in [0.2, 0.25) is 0 Å². The van der Waals surface area contributed by atoms with E-state index in [2.05, 4.69) is 26.8 Å². The highest BCUT2D eigenvalue weighted by atomic mass is 32.1. The van der Waals surface area contributed by atoms with Crippen LogP contribution in [0.1, 0.15) is 31.2 Å². The summed E-state index contributed by atoms with van der Waals surface area (Å²) in [5.41, 5.74) is 0.468. The third-order valence-corrected chi connectivity index (χ3v) is 6.61. The summed E-state index contributed by atoms with van der Waals surface area (Å²) >= 11 is 1.73. The van der Waals surface area contributed by atoms with Crippen LogP contribution in [0.5, 0.6) is 0 Å². The minimum absolute atomic E-state index is 0.0363. The van der Waals surface area contributed by atoms with Crippen molar-refractivity contribution in [2.45, 2.75) is 45.3 Å². The molecule has 3 heterocycles. The van der Waals surface area contributed by atoms with Crippen molar-refractivity contribution in [3.8, 4) is 0 Å². The number of hydrogen-bond donors (Lipinski definition) is 0. The van der Waals surface area contributed by atoms with Crippen LogP contribution in [-0.4, -0.2) is 45.6 Å². The molecule has 134 valence electrons. The first-order chi connectivity index (χ1) is 12.1. The van der Waals surface area contributed by atoms with E-state index in [1.807, 2.05) is 18.5 Å². The molecule has 2 aromatic rings. The zero-order chi connectivity index (χ0) is 17.4. The zero-order valence-electron chi connectivity index (χ0n) is 14.9. The molecule has 1 aliphatic heterocycles. The number of aromatic nitrogens is 3. The van der Waals surface area contributed by atoms with Crippen molar-refractivity contribution in [2.24, 2.45) is 5.41 Å². The molecule has 0 aromatic carbocycles. The van der Waals surface area contributed by atoms with Gasteiger partial charge in [-0.15, -0.1) is 11.3 Å². The van der Waals surface area contributed by atoms with Gasteiger partial charge in [0.05, 0.1) is 6.54 Å². The fourth-order valence-corrected chi connectivity index (χ4v) is 4.89. The SMILES string of the molecule is CCn1ccnc(N2CCC3(CC2)C[C@@H]3N(C)Cc2nccs2)c1=O. The molecule has 1 saturated heterocycles. The lowest BCUT2D eigenvalue weighted by Crippen LogP contribution is -2.41. The molecule has 4 rings (SSSR count). The molecule has 1 atom stereocenters. The molecular formula is C18H25N5OS. The van der Waals surface area contributed by atoms with Crippen LogP contribution in [0.3, 0.4) is 0 Å². The van der Waals surface area contributed by atoms with Crippen molar-refractivity contribution < 1.29 is 0 Å². The number of rotatable bonds is 5. The quantitative estimate of drug-likeness (QED) is 0.819. The van der Waals surface area contributed by atoms with Gasteiger partial charge in [0, 0.05) is 49.6 Å². The molecule has 6 nitrogen and oxygen atoms in total. The molecule has 2 fully saturated rings. The minimum atomic E-state index is 0.0363. The van der Waals surface area contributed by atoms with Crippen molar-refractivity contribution in [3.05, 3.63) is 39.3 Å². The van der Waals surface area contributed by atoms with Crippen LogP contribution in [0.25, 0.3) is 0 Å². The van der Waals surface area contributed by atoms with Gasteiger partial charge in [-0.05, 0) is 38.6 Å². The number of thiazole rings is 1. The maximum absolute atomic E-state index is 12.5.